The van der Waals surface area contributed by atoms with Gasteiger partial charge in [-0.15, -0.1) is 0 Å². The van der Waals surface area contributed by atoms with E-state index >= 15 is 0 Å². The SMILES string of the molecule is CC1CCC(C(C)C)C(OC(=O)c2cc(N)cc(N)c2)C1. The van der Waals surface area contributed by atoms with Gasteiger partial charge in [0.1, 0.15) is 6.10 Å². The summed E-state index contributed by atoms with van der Waals surface area (Å²) >= 11 is 0. The van der Waals surface area contributed by atoms with Crippen LogP contribution in [0.3, 0.4) is 0 Å². The van der Waals surface area contributed by atoms with Crippen molar-refractivity contribution in [3.05, 3.63) is 23.8 Å². The topological polar surface area (TPSA) is 78.3 Å². The van der Waals surface area contributed by atoms with Gasteiger partial charge in [-0.2, -0.15) is 0 Å². The molecule has 21 heavy (non-hydrogen) atoms. The van der Waals surface area contributed by atoms with Gasteiger partial charge in [0.2, 0.25) is 0 Å². The third-order valence-electron chi connectivity index (χ3n) is 4.43. The predicted octanol–water partition coefficient (Wildman–Crippen LogP) is 3.47. The summed E-state index contributed by atoms with van der Waals surface area (Å²) < 4.78 is 5.78. The quantitative estimate of drug-likeness (QED) is 0.660. The Morgan fingerprint density at radius 2 is 1.81 bits per heavy atom. The molecule has 0 radical (unpaired) electrons. The number of rotatable bonds is 3. The monoisotopic (exact) mass is 290 g/mol. The minimum absolute atomic E-state index is 0.0103. The summed E-state index contributed by atoms with van der Waals surface area (Å²) in [6.45, 7) is 6.61. The van der Waals surface area contributed by atoms with Gasteiger partial charge < -0.3 is 16.2 Å². The molecule has 4 nitrogen and oxygen atoms in total. The molecule has 1 saturated carbocycles. The number of hydrogen-bond acceptors (Lipinski definition) is 4. The van der Waals surface area contributed by atoms with Crippen molar-refractivity contribution in [3.63, 3.8) is 0 Å². The Hall–Kier alpha value is -1.71. The Labute approximate surface area is 126 Å². The van der Waals surface area contributed by atoms with Gasteiger partial charge in [0.15, 0.2) is 0 Å². The van der Waals surface area contributed by atoms with Crippen LogP contribution in [0.5, 0.6) is 0 Å². The van der Waals surface area contributed by atoms with E-state index in [2.05, 4.69) is 20.8 Å². The highest BCUT2D eigenvalue weighted by atomic mass is 16.5. The Bertz CT molecular complexity index is 493. The molecule has 3 atom stereocenters. The summed E-state index contributed by atoms with van der Waals surface area (Å²) in [5, 5.41) is 0. The molecule has 0 aromatic heterocycles. The van der Waals surface area contributed by atoms with E-state index in [4.69, 9.17) is 16.2 Å². The number of carbonyl (C=O) groups is 1. The summed E-state index contributed by atoms with van der Waals surface area (Å²) in [5.41, 5.74) is 12.9. The molecule has 3 unspecified atom stereocenters. The number of nitrogen functional groups attached to an aromatic ring is 2. The van der Waals surface area contributed by atoms with Gasteiger partial charge in [-0.3, -0.25) is 0 Å². The molecule has 0 spiro atoms. The Morgan fingerprint density at radius 3 is 2.38 bits per heavy atom. The minimum atomic E-state index is -0.321. The van der Waals surface area contributed by atoms with Crippen LogP contribution in [-0.2, 0) is 4.74 Å². The maximum atomic E-state index is 12.4. The first-order valence-corrected chi connectivity index (χ1v) is 7.74. The van der Waals surface area contributed by atoms with Crippen molar-refractivity contribution in [1.29, 1.82) is 0 Å². The van der Waals surface area contributed by atoms with Crippen LogP contribution < -0.4 is 11.5 Å². The summed E-state index contributed by atoms with van der Waals surface area (Å²) in [4.78, 5) is 12.4. The van der Waals surface area contributed by atoms with Gasteiger partial charge in [-0.05, 0) is 48.8 Å². The molecule has 2 rings (SSSR count). The molecule has 0 aliphatic heterocycles. The molecule has 4 heteroatoms. The van der Waals surface area contributed by atoms with Gasteiger partial charge in [-0.1, -0.05) is 27.2 Å². The standard InChI is InChI=1S/C17H26N2O2/c1-10(2)15-5-4-11(3)6-16(15)21-17(20)12-7-13(18)9-14(19)8-12/h7-11,15-16H,4-6,18-19H2,1-3H3. The number of nitrogens with two attached hydrogens (primary N) is 2. The normalized spacial score (nSPS) is 25.8. The second kappa shape index (κ2) is 6.37. The van der Waals surface area contributed by atoms with Crippen molar-refractivity contribution >= 4 is 17.3 Å². The lowest BCUT2D eigenvalue weighted by atomic mass is 9.75. The van der Waals surface area contributed by atoms with E-state index < -0.39 is 0 Å². The Kier molecular flexibility index (Phi) is 4.76. The lowest BCUT2D eigenvalue weighted by molar-refractivity contribution is -0.0174. The van der Waals surface area contributed by atoms with Crippen molar-refractivity contribution in [2.45, 2.75) is 46.1 Å². The van der Waals surface area contributed by atoms with E-state index in [1.54, 1.807) is 18.2 Å². The first kappa shape index (κ1) is 15.7. The number of anilines is 2. The lowest BCUT2D eigenvalue weighted by Gasteiger charge is -2.36. The molecular weight excluding hydrogens is 264 g/mol. The number of esters is 1. The van der Waals surface area contributed by atoms with Crippen LogP contribution in [0.2, 0.25) is 0 Å². The zero-order chi connectivity index (χ0) is 15.6. The van der Waals surface area contributed by atoms with Gasteiger partial charge in [0, 0.05) is 11.4 Å². The van der Waals surface area contributed by atoms with E-state index in [0.717, 1.165) is 12.8 Å². The molecule has 1 aliphatic rings. The molecule has 0 saturated heterocycles. The maximum absolute atomic E-state index is 12.4. The van der Waals surface area contributed by atoms with Gasteiger partial charge >= 0.3 is 5.97 Å². The average Bonchev–Trinajstić information content (AvgIpc) is 2.37. The van der Waals surface area contributed by atoms with E-state index in [-0.39, 0.29) is 12.1 Å². The molecule has 1 aromatic carbocycles. The minimum Gasteiger partial charge on any atom is -0.458 e. The average molecular weight is 290 g/mol. The largest absolute Gasteiger partial charge is 0.458 e. The highest BCUT2D eigenvalue weighted by Gasteiger charge is 2.33. The summed E-state index contributed by atoms with van der Waals surface area (Å²) in [5.74, 6) is 1.23. The summed E-state index contributed by atoms with van der Waals surface area (Å²) in [6.07, 6.45) is 3.26. The van der Waals surface area contributed by atoms with E-state index in [1.807, 2.05) is 0 Å². The van der Waals surface area contributed by atoms with Crippen LogP contribution in [0.1, 0.15) is 50.4 Å². The molecule has 0 amide bonds. The third kappa shape index (κ3) is 3.90. The molecule has 116 valence electrons. The van der Waals surface area contributed by atoms with Gasteiger partial charge in [0.05, 0.1) is 5.56 Å². The Morgan fingerprint density at radius 1 is 1.19 bits per heavy atom. The maximum Gasteiger partial charge on any atom is 0.338 e. The zero-order valence-corrected chi connectivity index (χ0v) is 13.1. The van der Waals surface area contributed by atoms with Crippen molar-refractivity contribution in [1.82, 2.24) is 0 Å². The van der Waals surface area contributed by atoms with Crippen LogP contribution in [0, 0.1) is 17.8 Å². The van der Waals surface area contributed by atoms with Gasteiger partial charge in [0.25, 0.3) is 0 Å². The van der Waals surface area contributed by atoms with Crippen LogP contribution in [-0.4, -0.2) is 12.1 Å². The summed E-state index contributed by atoms with van der Waals surface area (Å²) in [6, 6.07) is 4.88. The fraction of sp³-hybridized carbons (Fsp3) is 0.588. The van der Waals surface area contributed by atoms with E-state index in [0.29, 0.717) is 34.7 Å². The zero-order valence-electron chi connectivity index (χ0n) is 13.1. The predicted molar refractivity (Wildman–Crippen MR) is 85.8 cm³/mol. The van der Waals surface area contributed by atoms with Crippen LogP contribution in [0.15, 0.2) is 18.2 Å². The second-order valence-electron chi connectivity index (χ2n) is 6.66. The van der Waals surface area contributed by atoms with E-state index in [9.17, 15) is 4.79 Å². The highest BCUT2D eigenvalue weighted by Crippen LogP contribution is 2.35. The van der Waals surface area contributed by atoms with Crippen LogP contribution in [0.25, 0.3) is 0 Å². The molecule has 0 heterocycles. The fourth-order valence-corrected chi connectivity index (χ4v) is 3.25. The summed E-state index contributed by atoms with van der Waals surface area (Å²) in [7, 11) is 0. The van der Waals surface area contributed by atoms with Gasteiger partial charge in [-0.25, -0.2) is 4.79 Å². The van der Waals surface area contributed by atoms with Crippen LogP contribution >= 0.6 is 0 Å². The van der Waals surface area contributed by atoms with E-state index in [1.165, 1.54) is 6.42 Å². The molecular formula is C17H26N2O2. The second-order valence-corrected chi connectivity index (χ2v) is 6.66. The molecule has 1 aliphatic carbocycles. The Balaban J connectivity index is 2.12. The molecule has 1 fully saturated rings. The molecule has 0 bridgehead atoms. The first-order valence-electron chi connectivity index (χ1n) is 7.74. The van der Waals surface area contributed by atoms with Crippen LogP contribution in [0.4, 0.5) is 11.4 Å². The fourth-order valence-electron chi connectivity index (χ4n) is 3.25. The third-order valence-corrected chi connectivity index (χ3v) is 4.43. The van der Waals surface area contributed by atoms with Crippen molar-refractivity contribution in [3.8, 4) is 0 Å². The highest BCUT2D eigenvalue weighted by molar-refractivity contribution is 5.91. The van der Waals surface area contributed by atoms with Crippen molar-refractivity contribution in [2.24, 2.45) is 17.8 Å². The first-order chi connectivity index (χ1) is 9.86. The number of carbonyl (C=O) groups excluding carboxylic acids is 1. The van der Waals surface area contributed by atoms with Crippen molar-refractivity contribution in [2.75, 3.05) is 11.5 Å². The number of benzene rings is 1. The number of hydrogen-bond donors (Lipinski definition) is 2. The lowest BCUT2D eigenvalue weighted by Crippen LogP contribution is -2.35. The molecule has 4 N–H and O–H groups in total. The number of ether oxygens (including phenoxy) is 1. The molecule has 1 aromatic rings. The smallest absolute Gasteiger partial charge is 0.338 e. The van der Waals surface area contributed by atoms with Crippen molar-refractivity contribution < 1.29 is 9.53 Å².